The predicted octanol–water partition coefficient (Wildman–Crippen LogP) is 1.61. The molecule has 3 N–H and O–H groups in total. The molecular weight excluding hydrogens is 264 g/mol. The number of hydrogen-bond acceptors (Lipinski definition) is 3. The number of amides is 1. The third kappa shape index (κ3) is 2.69. The number of fused-ring (bicyclic) bond motifs is 1. The average molecular weight is 284 g/mol. The third-order valence-corrected chi connectivity index (χ3v) is 4.13. The Morgan fingerprint density at radius 3 is 2.95 bits per heavy atom. The molecule has 1 aliphatic carbocycles. The minimum absolute atomic E-state index is 0.0183. The van der Waals surface area contributed by atoms with Crippen LogP contribution in [0.1, 0.15) is 41.7 Å². The molecule has 1 aliphatic rings. The van der Waals surface area contributed by atoms with Crippen molar-refractivity contribution in [3.05, 3.63) is 53.3 Å². The maximum atomic E-state index is 12.4. The SMILES string of the molecule is Cn1ncc2c1CCCC2NC(=O)C(N)c1ccccc1. The Bertz CT molecular complexity index is 635. The van der Waals surface area contributed by atoms with Crippen molar-refractivity contribution < 1.29 is 4.79 Å². The quantitative estimate of drug-likeness (QED) is 0.899. The first-order valence-corrected chi connectivity index (χ1v) is 7.28. The van der Waals surface area contributed by atoms with E-state index in [1.807, 2.05) is 48.3 Å². The number of aryl methyl sites for hydroxylation is 1. The number of carbonyl (C=O) groups is 1. The number of carbonyl (C=O) groups excluding carboxylic acids is 1. The molecule has 3 rings (SSSR count). The van der Waals surface area contributed by atoms with Gasteiger partial charge in [-0.1, -0.05) is 30.3 Å². The van der Waals surface area contributed by atoms with E-state index in [2.05, 4.69) is 10.4 Å². The van der Waals surface area contributed by atoms with E-state index in [0.717, 1.165) is 30.4 Å². The number of hydrogen-bond donors (Lipinski definition) is 2. The van der Waals surface area contributed by atoms with Gasteiger partial charge in [-0.15, -0.1) is 0 Å². The third-order valence-electron chi connectivity index (χ3n) is 4.13. The summed E-state index contributed by atoms with van der Waals surface area (Å²) in [6, 6.07) is 8.83. The molecule has 2 atom stereocenters. The summed E-state index contributed by atoms with van der Waals surface area (Å²) >= 11 is 0. The second-order valence-electron chi connectivity index (χ2n) is 5.51. The van der Waals surface area contributed by atoms with E-state index in [-0.39, 0.29) is 11.9 Å². The lowest BCUT2D eigenvalue weighted by Gasteiger charge is -2.25. The lowest BCUT2D eigenvalue weighted by Crippen LogP contribution is -2.37. The highest BCUT2D eigenvalue weighted by Crippen LogP contribution is 2.29. The largest absolute Gasteiger partial charge is 0.348 e. The predicted molar refractivity (Wildman–Crippen MR) is 80.4 cm³/mol. The van der Waals surface area contributed by atoms with Crippen LogP contribution >= 0.6 is 0 Å². The van der Waals surface area contributed by atoms with Gasteiger partial charge in [-0.2, -0.15) is 5.10 Å². The number of nitrogens with two attached hydrogens (primary N) is 1. The summed E-state index contributed by atoms with van der Waals surface area (Å²) in [4.78, 5) is 12.4. The fraction of sp³-hybridized carbons (Fsp3) is 0.375. The summed E-state index contributed by atoms with van der Waals surface area (Å²) < 4.78 is 1.89. The molecule has 0 bridgehead atoms. The summed E-state index contributed by atoms with van der Waals surface area (Å²) in [6.45, 7) is 0. The van der Waals surface area contributed by atoms with Crippen LogP contribution in [0.2, 0.25) is 0 Å². The molecule has 1 heterocycles. The van der Waals surface area contributed by atoms with Crippen molar-refractivity contribution in [1.29, 1.82) is 0 Å². The van der Waals surface area contributed by atoms with E-state index < -0.39 is 6.04 Å². The molecule has 0 fully saturated rings. The molecule has 2 aromatic rings. The topological polar surface area (TPSA) is 72.9 Å². The van der Waals surface area contributed by atoms with Crippen molar-refractivity contribution in [2.24, 2.45) is 12.8 Å². The standard InChI is InChI=1S/C16H20N4O/c1-20-14-9-5-8-13(12(14)10-18-20)19-16(21)15(17)11-6-3-2-4-7-11/h2-4,6-7,10,13,15H,5,8-9,17H2,1H3,(H,19,21). The zero-order chi connectivity index (χ0) is 14.8. The van der Waals surface area contributed by atoms with Crippen molar-refractivity contribution in [3.63, 3.8) is 0 Å². The Morgan fingerprint density at radius 1 is 1.43 bits per heavy atom. The minimum atomic E-state index is -0.631. The molecule has 5 heteroatoms. The fourth-order valence-corrected chi connectivity index (χ4v) is 2.93. The molecule has 1 aromatic carbocycles. The lowest BCUT2D eigenvalue weighted by atomic mass is 9.92. The Kier molecular flexibility index (Phi) is 3.75. The van der Waals surface area contributed by atoms with Gasteiger partial charge in [-0.3, -0.25) is 9.48 Å². The zero-order valence-electron chi connectivity index (χ0n) is 12.1. The maximum Gasteiger partial charge on any atom is 0.241 e. The van der Waals surface area contributed by atoms with Crippen LogP contribution in [0.25, 0.3) is 0 Å². The van der Waals surface area contributed by atoms with Crippen molar-refractivity contribution in [2.45, 2.75) is 31.3 Å². The molecule has 110 valence electrons. The Morgan fingerprint density at radius 2 is 2.19 bits per heavy atom. The number of nitrogens with zero attached hydrogens (tertiary/aromatic N) is 2. The van der Waals surface area contributed by atoms with Gasteiger partial charge in [0.15, 0.2) is 0 Å². The van der Waals surface area contributed by atoms with E-state index in [4.69, 9.17) is 5.73 Å². The summed E-state index contributed by atoms with van der Waals surface area (Å²) in [7, 11) is 1.94. The molecule has 2 unspecified atom stereocenters. The van der Waals surface area contributed by atoms with Gasteiger partial charge in [0.25, 0.3) is 0 Å². The molecule has 0 radical (unpaired) electrons. The van der Waals surface area contributed by atoms with E-state index >= 15 is 0 Å². The van der Waals surface area contributed by atoms with Crippen LogP contribution in [-0.2, 0) is 18.3 Å². The summed E-state index contributed by atoms with van der Waals surface area (Å²) in [5, 5.41) is 7.36. The number of rotatable bonds is 3. The zero-order valence-corrected chi connectivity index (χ0v) is 12.1. The van der Waals surface area contributed by atoms with E-state index in [1.165, 1.54) is 5.69 Å². The number of nitrogens with one attached hydrogen (secondary N) is 1. The maximum absolute atomic E-state index is 12.4. The van der Waals surface area contributed by atoms with Gasteiger partial charge in [0.2, 0.25) is 5.91 Å². The van der Waals surface area contributed by atoms with E-state index in [9.17, 15) is 4.79 Å². The van der Waals surface area contributed by atoms with Crippen molar-refractivity contribution in [3.8, 4) is 0 Å². The van der Waals surface area contributed by atoms with Gasteiger partial charge in [-0.05, 0) is 24.8 Å². The molecule has 5 nitrogen and oxygen atoms in total. The van der Waals surface area contributed by atoms with Gasteiger partial charge in [-0.25, -0.2) is 0 Å². The Hall–Kier alpha value is -2.14. The molecule has 1 aromatic heterocycles. The van der Waals surface area contributed by atoms with Crippen LogP contribution in [0.4, 0.5) is 0 Å². The van der Waals surface area contributed by atoms with Crippen LogP contribution in [0.15, 0.2) is 36.5 Å². The van der Waals surface area contributed by atoms with Crippen molar-refractivity contribution in [1.82, 2.24) is 15.1 Å². The summed E-state index contributed by atoms with van der Waals surface area (Å²) in [5.74, 6) is -0.136. The summed E-state index contributed by atoms with van der Waals surface area (Å²) in [6.07, 6.45) is 4.86. The van der Waals surface area contributed by atoms with Gasteiger partial charge in [0, 0.05) is 18.3 Å². The monoisotopic (exact) mass is 284 g/mol. The highest BCUT2D eigenvalue weighted by atomic mass is 16.2. The molecule has 1 amide bonds. The fourth-order valence-electron chi connectivity index (χ4n) is 2.93. The Labute approximate surface area is 124 Å². The number of aromatic nitrogens is 2. The van der Waals surface area contributed by atoms with E-state index in [1.54, 1.807) is 0 Å². The second-order valence-corrected chi connectivity index (χ2v) is 5.51. The first-order valence-electron chi connectivity index (χ1n) is 7.28. The first-order chi connectivity index (χ1) is 10.2. The van der Waals surface area contributed by atoms with Crippen LogP contribution in [0.5, 0.6) is 0 Å². The minimum Gasteiger partial charge on any atom is -0.348 e. The highest BCUT2D eigenvalue weighted by molar-refractivity contribution is 5.83. The molecule has 0 saturated carbocycles. The Balaban J connectivity index is 1.74. The van der Waals surface area contributed by atoms with Gasteiger partial charge in [0.05, 0.1) is 12.2 Å². The van der Waals surface area contributed by atoms with E-state index in [0.29, 0.717) is 0 Å². The second kappa shape index (κ2) is 5.69. The van der Waals surface area contributed by atoms with Crippen LogP contribution in [0.3, 0.4) is 0 Å². The first kappa shape index (κ1) is 13.8. The molecule has 0 aliphatic heterocycles. The smallest absolute Gasteiger partial charge is 0.241 e. The van der Waals surface area contributed by atoms with Gasteiger partial charge in [0.1, 0.15) is 6.04 Å². The summed E-state index contributed by atoms with van der Waals surface area (Å²) in [5.41, 5.74) is 9.21. The van der Waals surface area contributed by atoms with Gasteiger partial charge >= 0.3 is 0 Å². The normalized spacial score (nSPS) is 18.9. The average Bonchev–Trinajstić information content (AvgIpc) is 2.90. The van der Waals surface area contributed by atoms with Crippen molar-refractivity contribution >= 4 is 5.91 Å². The number of benzene rings is 1. The molecule has 0 saturated heterocycles. The van der Waals surface area contributed by atoms with Crippen molar-refractivity contribution in [2.75, 3.05) is 0 Å². The molecular formula is C16H20N4O. The van der Waals surface area contributed by atoms with Gasteiger partial charge < -0.3 is 11.1 Å². The highest BCUT2D eigenvalue weighted by Gasteiger charge is 2.26. The lowest BCUT2D eigenvalue weighted by molar-refractivity contribution is -0.123. The van der Waals surface area contributed by atoms with Crippen LogP contribution < -0.4 is 11.1 Å². The molecule has 0 spiro atoms. The van der Waals surface area contributed by atoms with Crippen LogP contribution in [0, 0.1) is 0 Å². The molecule has 21 heavy (non-hydrogen) atoms. The van der Waals surface area contributed by atoms with Crippen LogP contribution in [-0.4, -0.2) is 15.7 Å².